The number of nitro groups is 1. The van der Waals surface area contributed by atoms with Gasteiger partial charge in [-0.15, -0.1) is 0 Å². The third-order valence-electron chi connectivity index (χ3n) is 4.87. The predicted molar refractivity (Wildman–Crippen MR) is 119 cm³/mol. The Kier molecular flexibility index (Phi) is 5.69. The van der Waals surface area contributed by atoms with Gasteiger partial charge in [-0.2, -0.15) is 0 Å². The number of carbonyl (C=O) groups excluding carboxylic acids is 3. The van der Waals surface area contributed by atoms with Gasteiger partial charge in [0.25, 0.3) is 17.5 Å². The van der Waals surface area contributed by atoms with E-state index in [0.717, 1.165) is 16.6 Å². The maximum Gasteiger partial charge on any atom is 0.343 e. The number of anilines is 1. The maximum atomic E-state index is 12.9. The van der Waals surface area contributed by atoms with E-state index in [2.05, 4.69) is 5.43 Å². The molecular formula is C24H17N3O6. The minimum atomic E-state index is -0.689. The summed E-state index contributed by atoms with van der Waals surface area (Å²) in [5, 5.41) is 12.3. The minimum absolute atomic E-state index is 0.0293. The van der Waals surface area contributed by atoms with E-state index in [1.165, 1.54) is 18.2 Å². The summed E-state index contributed by atoms with van der Waals surface area (Å²) >= 11 is 0. The molecule has 1 fully saturated rings. The van der Waals surface area contributed by atoms with E-state index >= 15 is 0 Å². The van der Waals surface area contributed by atoms with Crippen LogP contribution >= 0.6 is 0 Å². The predicted octanol–water partition coefficient (Wildman–Crippen LogP) is 3.58. The number of para-hydroxylation sites is 1. The molecule has 1 heterocycles. The van der Waals surface area contributed by atoms with E-state index in [-0.39, 0.29) is 28.1 Å². The zero-order valence-corrected chi connectivity index (χ0v) is 17.3. The van der Waals surface area contributed by atoms with Crippen LogP contribution in [0.5, 0.6) is 5.75 Å². The number of hydrogen-bond acceptors (Lipinski definition) is 6. The summed E-state index contributed by atoms with van der Waals surface area (Å²) < 4.78 is 5.45. The molecule has 4 rings (SSSR count). The van der Waals surface area contributed by atoms with Crippen LogP contribution in [-0.4, -0.2) is 22.7 Å². The Morgan fingerprint density at radius 1 is 1.03 bits per heavy atom. The number of aryl methyl sites for hydroxylation is 1. The van der Waals surface area contributed by atoms with E-state index < -0.39 is 22.7 Å². The number of rotatable bonds is 5. The van der Waals surface area contributed by atoms with Crippen LogP contribution in [0.3, 0.4) is 0 Å². The number of esters is 1. The second-order valence-electron chi connectivity index (χ2n) is 7.21. The molecule has 1 N–H and O–H groups in total. The quantitative estimate of drug-likeness (QED) is 0.161. The van der Waals surface area contributed by atoms with Gasteiger partial charge in [-0.25, -0.2) is 9.80 Å². The highest BCUT2D eigenvalue weighted by Gasteiger charge is 2.34. The first kappa shape index (κ1) is 21.4. The Hall–Kier alpha value is -4.79. The van der Waals surface area contributed by atoms with Crippen molar-refractivity contribution in [3.05, 3.63) is 105 Å². The molecule has 9 heteroatoms. The second kappa shape index (κ2) is 8.75. The lowest BCUT2D eigenvalue weighted by atomic mass is 10.1. The van der Waals surface area contributed by atoms with E-state index in [1.54, 1.807) is 48.5 Å². The van der Waals surface area contributed by atoms with Gasteiger partial charge >= 0.3 is 5.97 Å². The monoisotopic (exact) mass is 443 g/mol. The molecule has 0 atom stereocenters. The molecule has 3 aromatic rings. The van der Waals surface area contributed by atoms with Gasteiger partial charge in [0.1, 0.15) is 11.3 Å². The highest BCUT2D eigenvalue weighted by atomic mass is 16.6. The topological polar surface area (TPSA) is 119 Å². The Balaban J connectivity index is 1.71. The number of hydrogen-bond donors (Lipinski definition) is 1. The largest absolute Gasteiger partial charge is 0.422 e. The van der Waals surface area contributed by atoms with Gasteiger partial charge in [0.15, 0.2) is 0 Å². The molecule has 9 nitrogen and oxygen atoms in total. The summed E-state index contributed by atoms with van der Waals surface area (Å²) in [4.78, 5) is 48.6. The lowest BCUT2D eigenvalue weighted by Gasteiger charge is -2.14. The van der Waals surface area contributed by atoms with Crippen molar-refractivity contribution < 1.29 is 24.0 Å². The molecule has 0 radical (unpaired) electrons. The highest BCUT2D eigenvalue weighted by molar-refractivity contribution is 6.31. The van der Waals surface area contributed by atoms with Crippen LogP contribution in [0.25, 0.3) is 6.08 Å². The first-order valence-corrected chi connectivity index (χ1v) is 9.83. The van der Waals surface area contributed by atoms with Gasteiger partial charge in [-0.3, -0.25) is 25.1 Å². The van der Waals surface area contributed by atoms with Crippen LogP contribution in [-0.2, 0) is 9.59 Å². The molecule has 3 aromatic carbocycles. The summed E-state index contributed by atoms with van der Waals surface area (Å²) in [6.45, 7) is 1.82. The van der Waals surface area contributed by atoms with Crippen LogP contribution in [0, 0.1) is 17.0 Å². The number of non-ortho nitro benzene ring substituents is 1. The number of nitro benzene ring substituents is 1. The average Bonchev–Trinajstić information content (AvgIpc) is 3.09. The number of carbonyl (C=O) groups is 3. The SMILES string of the molecule is Cc1cccc(C(=O)Oc2ccc([N+](=O)[O-])cc2/C=C2/C(=O)NN(c3ccccc3)C2=O)c1. The Morgan fingerprint density at radius 3 is 2.48 bits per heavy atom. The number of hydrazine groups is 1. The van der Waals surface area contributed by atoms with Crippen molar-refractivity contribution in [1.82, 2.24) is 5.43 Å². The molecule has 0 aliphatic carbocycles. The number of amides is 2. The number of nitrogens with one attached hydrogen (secondary N) is 1. The van der Waals surface area contributed by atoms with Crippen molar-refractivity contribution in [1.29, 1.82) is 0 Å². The Labute approximate surface area is 188 Å². The van der Waals surface area contributed by atoms with E-state index in [4.69, 9.17) is 4.74 Å². The van der Waals surface area contributed by atoms with Crippen molar-refractivity contribution in [3.8, 4) is 5.75 Å². The fourth-order valence-electron chi connectivity index (χ4n) is 3.26. The maximum absolute atomic E-state index is 12.9. The number of nitrogens with zero attached hydrogens (tertiary/aromatic N) is 2. The normalized spacial score (nSPS) is 14.3. The zero-order chi connectivity index (χ0) is 23.5. The summed E-state index contributed by atoms with van der Waals surface area (Å²) in [5.41, 5.74) is 3.54. The fourth-order valence-corrected chi connectivity index (χ4v) is 3.26. The van der Waals surface area contributed by atoms with Crippen LogP contribution in [0.1, 0.15) is 21.5 Å². The Morgan fingerprint density at radius 2 is 1.79 bits per heavy atom. The first-order valence-electron chi connectivity index (χ1n) is 9.83. The summed E-state index contributed by atoms with van der Waals surface area (Å²) in [5.74, 6) is -2.04. The third-order valence-corrected chi connectivity index (χ3v) is 4.87. The van der Waals surface area contributed by atoms with Crippen molar-refractivity contribution in [2.75, 3.05) is 5.01 Å². The van der Waals surface area contributed by atoms with Gasteiger partial charge in [-0.1, -0.05) is 35.9 Å². The third kappa shape index (κ3) is 4.47. The second-order valence-corrected chi connectivity index (χ2v) is 7.21. The molecule has 0 spiro atoms. The van der Waals surface area contributed by atoms with Gasteiger partial charge < -0.3 is 4.74 Å². The molecule has 164 valence electrons. The van der Waals surface area contributed by atoms with Crippen LogP contribution < -0.4 is 15.2 Å². The van der Waals surface area contributed by atoms with Gasteiger partial charge in [-0.05, 0) is 43.3 Å². The van der Waals surface area contributed by atoms with Gasteiger partial charge in [0, 0.05) is 17.7 Å². The Bertz CT molecular complexity index is 1320. The summed E-state index contributed by atoms with van der Waals surface area (Å²) in [6.07, 6.45) is 1.17. The molecule has 0 unspecified atom stereocenters. The summed E-state index contributed by atoms with van der Waals surface area (Å²) in [6, 6.07) is 18.8. The van der Waals surface area contributed by atoms with Gasteiger partial charge in [0.2, 0.25) is 0 Å². The van der Waals surface area contributed by atoms with E-state index in [1.807, 2.05) is 13.0 Å². The molecule has 1 aliphatic rings. The average molecular weight is 443 g/mol. The summed E-state index contributed by atoms with van der Waals surface area (Å²) in [7, 11) is 0. The molecule has 1 saturated heterocycles. The molecule has 0 bridgehead atoms. The lowest BCUT2D eigenvalue weighted by molar-refractivity contribution is -0.384. The highest BCUT2D eigenvalue weighted by Crippen LogP contribution is 2.29. The smallest absolute Gasteiger partial charge is 0.343 e. The van der Waals surface area contributed by atoms with Crippen molar-refractivity contribution in [3.63, 3.8) is 0 Å². The van der Waals surface area contributed by atoms with Crippen LogP contribution in [0.2, 0.25) is 0 Å². The molecule has 33 heavy (non-hydrogen) atoms. The molecular weight excluding hydrogens is 426 g/mol. The van der Waals surface area contributed by atoms with Crippen molar-refractivity contribution >= 4 is 35.2 Å². The standard InChI is InChI=1S/C24H17N3O6/c1-15-6-5-7-16(12-15)24(30)33-21-11-10-19(27(31)32)13-17(21)14-20-22(28)25-26(23(20)29)18-8-3-2-4-9-18/h2-14H,1H3,(H,25,28)/b20-14-. The number of ether oxygens (including phenoxy) is 1. The minimum Gasteiger partial charge on any atom is -0.422 e. The van der Waals surface area contributed by atoms with Crippen molar-refractivity contribution in [2.45, 2.75) is 6.92 Å². The van der Waals surface area contributed by atoms with E-state index in [0.29, 0.717) is 5.69 Å². The van der Waals surface area contributed by atoms with Crippen LogP contribution in [0.15, 0.2) is 78.4 Å². The molecule has 2 amide bonds. The molecule has 0 saturated carbocycles. The molecule has 1 aliphatic heterocycles. The van der Waals surface area contributed by atoms with Crippen LogP contribution in [0.4, 0.5) is 11.4 Å². The number of benzene rings is 3. The zero-order valence-electron chi connectivity index (χ0n) is 17.3. The lowest BCUT2D eigenvalue weighted by Crippen LogP contribution is -2.35. The van der Waals surface area contributed by atoms with Crippen molar-refractivity contribution in [2.24, 2.45) is 0 Å². The van der Waals surface area contributed by atoms with Gasteiger partial charge in [0.05, 0.1) is 16.2 Å². The molecule has 0 aromatic heterocycles. The first-order chi connectivity index (χ1) is 15.8. The fraction of sp³-hybridized carbons (Fsp3) is 0.0417. The van der Waals surface area contributed by atoms with E-state index in [9.17, 15) is 24.5 Å².